The Morgan fingerprint density at radius 1 is 0.364 bits per heavy atom. The van der Waals surface area contributed by atoms with Crippen molar-refractivity contribution in [3.63, 3.8) is 0 Å². The van der Waals surface area contributed by atoms with E-state index in [4.69, 9.17) is 0 Å². The molecule has 0 bridgehead atoms. The average Bonchev–Trinajstić information content (AvgIpc) is 3.23. The summed E-state index contributed by atoms with van der Waals surface area (Å²) >= 11 is 0. The number of hydrogen-bond donors (Lipinski definition) is 1. The molecular formula is C48H36O6S. The van der Waals surface area contributed by atoms with E-state index in [1.165, 1.54) is 12.1 Å². The summed E-state index contributed by atoms with van der Waals surface area (Å²) in [7, 11) is -5.06. The second kappa shape index (κ2) is 16.2. The van der Waals surface area contributed by atoms with Crippen LogP contribution < -0.4 is 0 Å². The van der Waals surface area contributed by atoms with Crippen molar-refractivity contribution in [3.05, 3.63) is 244 Å². The third-order valence-corrected chi connectivity index (χ3v) is 10.7. The van der Waals surface area contributed by atoms with Gasteiger partial charge in [0.15, 0.2) is 17.3 Å². The molecule has 1 N–H and O–H groups in total. The fourth-order valence-electron chi connectivity index (χ4n) is 7.34. The highest BCUT2D eigenvalue weighted by atomic mass is 32.2. The van der Waals surface area contributed by atoms with Gasteiger partial charge >= 0.3 is 0 Å². The zero-order valence-corrected chi connectivity index (χ0v) is 30.4. The standard InChI is InChI=1S/C48H36O6S/c49-46(36-25-13-4-14-26-36)41(33-19-7-1-8-20-33)39-31-32-40(55(52,53)54)45(43(35-23-11-3-12-24-35)48(51)38-29-17-6-18-30-38)44(39)42(34-21-9-2-10-22-34)47(50)37-27-15-5-16-28-37/h1-32,41-43H,(H,52,53,54). The molecule has 0 saturated heterocycles. The topological polar surface area (TPSA) is 106 Å². The summed E-state index contributed by atoms with van der Waals surface area (Å²) in [6, 6.07) is 55.3. The second-order valence-corrected chi connectivity index (χ2v) is 14.6. The lowest BCUT2D eigenvalue weighted by Gasteiger charge is -2.31. The fraction of sp³-hybridized carbons (Fsp3) is 0.0625. The summed E-state index contributed by atoms with van der Waals surface area (Å²) in [6.45, 7) is 0. The van der Waals surface area contributed by atoms with Crippen molar-refractivity contribution in [1.82, 2.24) is 0 Å². The fourth-order valence-corrected chi connectivity index (χ4v) is 8.09. The quantitative estimate of drug-likeness (QED) is 0.0932. The van der Waals surface area contributed by atoms with E-state index in [9.17, 15) is 17.8 Å². The molecule has 3 unspecified atom stereocenters. The van der Waals surface area contributed by atoms with Gasteiger partial charge in [0.2, 0.25) is 0 Å². The number of benzene rings is 7. The van der Waals surface area contributed by atoms with Crippen LogP contribution in [0.4, 0.5) is 0 Å². The average molecular weight is 741 g/mol. The van der Waals surface area contributed by atoms with Gasteiger partial charge in [-0.25, -0.2) is 0 Å². The van der Waals surface area contributed by atoms with E-state index < -0.39 is 38.6 Å². The second-order valence-electron chi connectivity index (χ2n) is 13.2. The summed E-state index contributed by atoms with van der Waals surface area (Å²) in [5.74, 6) is -4.79. The maximum Gasteiger partial charge on any atom is 0.294 e. The maximum absolute atomic E-state index is 15.2. The molecule has 270 valence electrons. The molecule has 0 aliphatic carbocycles. The maximum atomic E-state index is 15.2. The molecule has 0 radical (unpaired) electrons. The van der Waals surface area contributed by atoms with Crippen LogP contribution in [0.15, 0.2) is 199 Å². The number of carbonyl (C=O) groups is 3. The largest absolute Gasteiger partial charge is 0.294 e. The van der Waals surface area contributed by atoms with Crippen LogP contribution in [0.1, 0.15) is 82.2 Å². The van der Waals surface area contributed by atoms with Gasteiger partial charge in [-0.15, -0.1) is 0 Å². The number of rotatable bonds is 13. The van der Waals surface area contributed by atoms with Crippen molar-refractivity contribution < 1.29 is 27.4 Å². The molecule has 0 amide bonds. The Morgan fingerprint density at radius 2 is 0.655 bits per heavy atom. The van der Waals surface area contributed by atoms with Crippen molar-refractivity contribution in [3.8, 4) is 0 Å². The van der Waals surface area contributed by atoms with Crippen molar-refractivity contribution in [2.75, 3.05) is 0 Å². The first-order valence-electron chi connectivity index (χ1n) is 17.8. The third-order valence-electron chi connectivity index (χ3n) is 9.81. The summed E-state index contributed by atoms with van der Waals surface area (Å²) in [5, 5.41) is 0. The molecule has 0 fully saturated rings. The lowest BCUT2D eigenvalue weighted by molar-refractivity contribution is 0.0953. The highest BCUT2D eigenvalue weighted by molar-refractivity contribution is 7.85. The molecule has 7 heteroatoms. The predicted molar refractivity (Wildman–Crippen MR) is 213 cm³/mol. The van der Waals surface area contributed by atoms with E-state index >= 15 is 9.59 Å². The minimum Gasteiger partial charge on any atom is -0.293 e. The van der Waals surface area contributed by atoms with Gasteiger partial charge in [0.1, 0.15) is 0 Å². The van der Waals surface area contributed by atoms with Gasteiger partial charge < -0.3 is 0 Å². The van der Waals surface area contributed by atoms with Gasteiger partial charge in [0.25, 0.3) is 10.1 Å². The molecule has 55 heavy (non-hydrogen) atoms. The summed E-state index contributed by atoms with van der Waals surface area (Å²) < 4.78 is 38.5. The number of hydrogen-bond acceptors (Lipinski definition) is 5. The Kier molecular flexibility index (Phi) is 10.9. The molecule has 6 nitrogen and oxygen atoms in total. The van der Waals surface area contributed by atoms with E-state index in [2.05, 4.69) is 0 Å². The monoisotopic (exact) mass is 740 g/mol. The summed E-state index contributed by atoms with van der Waals surface area (Å²) in [4.78, 5) is 44.7. The van der Waals surface area contributed by atoms with Crippen molar-refractivity contribution in [2.45, 2.75) is 22.6 Å². The highest BCUT2D eigenvalue weighted by Gasteiger charge is 2.41. The van der Waals surface area contributed by atoms with Crippen molar-refractivity contribution in [1.29, 1.82) is 0 Å². The predicted octanol–water partition coefficient (Wildman–Crippen LogP) is 9.98. The Morgan fingerprint density at radius 3 is 1.00 bits per heavy atom. The van der Waals surface area contributed by atoms with E-state index in [1.807, 2.05) is 36.4 Å². The molecule has 0 saturated carbocycles. The molecule has 0 spiro atoms. The van der Waals surface area contributed by atoms with Crippen LogP contribution >= 0.6 is 0 Å². The SMILES string of the molecule is O=C(c1ccccc1)C(c1ccccc1)c1ccc(S(=O)(=O)O)c(C(C(=O)c2ccccc2)c2ccccc2)c1C(C(=O)c1ccccc1)c1ccccc1. The third kappa shape index (κ3) is 7.76. The molecule has 0 aliphatic rings. The Balaban J connectivity index is 1.69. The normalized spacial score (nSPS) is 13.0. The van der Waals surface area contributed by atoms with Gasteiger partial charge in [-0.3, -0.25) is 18.9 Å². The van der Waals surface area contributed by atoms with Gasteiger partial charge in [-0.1, -0.05) is 188 Å². The first-order chi connectivity index (χ1) is 26.7. The molecule has 7 aromatic carbocycles. The molecule has 7 aromatic rings. The molecule has 0 aromatic heterocycles. The molecule has 7 rings (SSSR count). The smallest absolute Gasteiger partial charge is 0.293 e. The lowest BCUT2D eigenvalue weighted by atomic mass is 9.71. The van der Waals surface area contributed by atoms with E-state index in [0.29, 0.717) is 38.9 Å². The van der Waals surface area contributed by atoms with E-state index in [-0.39, 0.29) is 22.7 Å². The highest BCUT2D eigenvalue weighted by Crippen LogP contribution is 2.46. The van der Waals surface area contributed by atoms with Gasteiger partial charge in [-0.2, -0.15) is 8.42 Å². The van der Waals surface area contributed by atoms with E-state index in [0.717, 1.165) is 0 Å². The molecule has 0 aliphatic heterocycles. The Bertz CT molecular complexity index is 2540. The molecule has 3 atom stereocenters. The Labute approximate surface area is 320 Å². The van der Waals surface area contributed by atoms with Gasteiger partial charge in [0, 0.05) is 16.7 Å². The number of ketones is 3. The summed E-state index contributed by atoms with van der Waals surface area (Å²) in [5.41, 5.74) is 2.94. The minimum atomic E-state index is -5.06. The summed E-state index contributed by atoms with van der Waals surface area (Å²) in [6.07, 6.45) is 0. The molecule has 0 heterocycles. The van der Waals surface area contributed by atoms with Crippen LogP contribution in [0.3, 0.4) is 0 Å². The van der Waals surface area contributed by atoms with Crippen LogP contribution in [-0.2, 0) is 10.1 Å². The van der Waals surface area contributed by atoms with Crippen molar-refractivity contribution >= 4 is 27.5 Å². The van der Waals surface area contributed by atoms with Gasteiger partial charge in [-0.05, 0) is 39.4 Å². The van der Waals surface area contributed by atoms with Gasteiger partial charge in [0.05, 0.1) is 22.6 Å². The first-order valence-corrected chi connectivity index (χ1v) is 19.2. The van der Waals surface area contributed by atoms with Crippen LogP contribution in [0.5, 0.6) is 0 Å². The van der Waals surface area contributed by atoms with Crippen molar-refractivity contribution in [2.24, 2.45) is 0 Å². The Hall–Kier alpha value is -6.54. The zero-order valence-electron chi connectivity index (χ0n) is 29.6. The number of Topliss-reactive ketones (excluding diaryl/α,β-unsaturated/α-hetero) is 3. The van der Waals surface area contributed by atoms with Crippen LogP contribution in [0, 0.1) is 0 Å². The van der Waals surface area contributed by atoms with E-state index in [1.54, 1.807) is 146 Å². The van der Waals surface area contributed by atoms with Crippen LogP contribution in [-0.4, -0.2) is 30.3 Å². The minimum absolute atomic E-state index is 0.0834. The lowest BCUT2D eigenvalue weighted by Crippen LogP contribution is -2.27. The zero-order chi connectivity index (χ0) is 38.4. The number of carbonyl (C=O) groups excluding carboxylic acids is 3. The molecular weight excluding hydrogens is 705 g/mol. The van der Waals surface area contributed by atoms with Crippen LogP contribution in [0.25, 0.3) is 0 Å². The van der Waals surface area contributed by atoms with Crippen LogP contribution in [0.2, 0.25) is 0 Å². The first kappa shape index (κ1) is 36.8.